The zero-order valence-electron chi connectivity index (χ0n) is 20.0. The van der Waals surface area contributed by atoms with Gasteiger partial charge >= 0.3 is 12.0 Å². The maximum absolute atomic E-state index is 12.8. The standard InChI is InChI=1S/C26H32N4O4/c1-4-18-8-10-19(11-9-18)24-23(25(31)34-3)22(27-26(32)28-24)17-29-12-14-30(15-13-29)20-6-5-7-21(16-20)33-2/h5-11,16,24H,4,12-15,17H2,1-3H3,(H2,27,28,32)/t24-/m1/s1. The maximum Gasteiger partial charge on any atom is 0.338 e. The molecule has 2 N–H and O–H groups in total. The summed E-state index contributed by atoms with van der Waals surface area (Å²) in [6.07, 6.45) is 0.922. The lowest BCUT2D eigenvalue weighted by Crippen LogP contribution is -2.51. The number of urea groups is 1. The van der Waals surface area contributed by atoms with E-state index in [0.29, 0.717) is 17.8 Å². The van der Waals surface area contributed by atoms with Crippen LogP contribution >= 0.6 is 0 Å². The summed E-state index contributed by atoms with van der Waals surface area (Å²) in [6.45, 7) is 5.83. The number of benzene rings is 2. The molecule has 8 nitrogen and oxygen atoms in total. The second-order valence-corrected chi connectivity index (χ2v) is 8.48. The van der Waals surface area contributed by atoms with Crippen LogP contribution in [-0.4, -0.2) is 63.8 Å². The monoisotopic (exact) mass is 464 g/mol. The van der Waals surface area contributed by atoms with E-state index < -0.39 is 12.0 Å². The number of rotatable bonds is 7. The van der Waals surface area contributed by atoms with Crippen LogP contribution in [0, 0.1) is 0 Å². The molecule has 2 aromatic rings. The highest BCUT2D eigenvalue weighted by Crippen LogP contribution is 2.29. The van der Waals surface area contributed by atoms with E-state index >= 15 is 0 Å². The molecule has 180 valence electrons. The summed E-state index contributed by atoms with van der Waals surface area (Å²) < 4.78 is 10.5. The van der Waals surface area contributed by atoms with Gasteiger partial charge in [-0.05, 0) is 29.7 Å². The minimum Gasteiger partial charge on any atom is -0.497 e. The molecule has 1 saturated heterocycles. The van der Waals surface area contributed by atoms with Crippen LogP contribution in [0.5, 0.6) is 5.75 Å². The van der Waals surface area contributed by atoms with Crippen LogP contribution in [0.15, 0.2) is 59.8 Å². The fourth-order valence-corrected chi connectivity index (χ4v) is 4.48. The van der Waals surface area contributed by atoms with Crippen molar-refractivity contribution >= 4 is 17.7 Å². The Hall–Kier alpha value is -3.52. The summed E-state index contributed by atoms with van der Waals surface area (Å²) in [6, 6.07) is 15.1. The molecule has 0 aliphatic carbocycles. The normalized spacial score (nSPS) is 18.9. The number of hydrogen-bond donors (Lipinski definition) is 2. The number of esters is 1. The number of carbonyl (C=O) groups is 2. The first-order chi connectivity index (χ1) is 16.5. The summed E-state index contributed by atoms with van der Waals surface area (Å²) in [5, 5.41) is 5.76. The Kier molecular flexibility index (Phi) is 7.37. The third-order valence-corrected chi connectivity index (χ3v) is 6.45. The average molecular weight is 465 g/mol. The highest BCUT2D eigenvalue weighted by Gasteiger charge is 2.34. The van der Waals surface area contributed by atoms with E-state index in [0.717, 1.165) is 49.6 Å². The lowest BCUT2D eigenvalue weighted by molar-refractivity contribution is -0.136. The summed E-state index contributed by atoms with van der Waals surface area (Å²) in [4.78, 5) is 29.9. The zero-order chi connectivity index (χ0) is 24.1. The number of methoxy groups -OCH3 is 2. The molecule has 0 aromatic heterocycles. The molecule has 0 saturated carbocycles. The lowest BCUT2D eigenvalue weighted by atomic mass is 9.94. The van der Waals surface area contributed by atoms with E-state index in [9.17, 15) is 9.59 Å². The second-order valence-electron chi connectivity index (χ2n) is 8.48. The van der Waals surface area contributed by atoms with Gasteiger partial charge in [0.25, 0.3) is 0 Å². The predicted octanol–water partition coefficient (Wildman–Crippen LogP) is 2.86. The molecule has 0 bridgehead atoms. The van der Waals surface area contributed by atoms with Crippen LogP contribution in [0.4, 0.5) is 10.5 Å². The van der Waals surface area contributed by atoms with E-state index in [1.165, 1.54) is 12.7 Å². The summed E-state index contributed by atoms with van der Waals surface area (Å²) in [7, 11) is 3.04. The van der Waals surface area contributed by atoms with E-state index in [-0.39, 0.29) is 6.03 Å². The van der Waals surface area contributed by atoms with Crippen LogP contribution in [-0.2, 0) is 16.0 Å². The number of amides is 2. The number of hydrogen-bond acceptors (Lipinski definition) is 6. The van der Waals surface area contributed by atoms with Crippen molar-refractivity contribution in [1.29, 1.82) is 0 Å². The molecule has 2 aromatic carbocycles. The van der Waals surface area contributed by atoms with Crippen molar-refractivity contribution in [2.24, 2.45) is 0 Å². The average Bonchev–Trinajstić information content (AvgIpc) is 2.88. The van der Waals surface area contributed by atoms with Crippen LogP contribution in [0.3, 0.4) is 0 Å². The van der Waals surface area contributed by atoms with Crippen LogP contribution in [0.25, 0.3) is 0 Å². The van der Waals surface area contributed by atoms with Gasteiger partial charge in [-0.2, -0.15) is 0 Å². The summed E-state index contributed by atoms with van der Waals surface area (Å²) >= 11 is 0. The number of carbonyl (C=O) groups excluding carboxylic acids is 2. The Morgan fingerprint density at radius 1 is 1.06 bits per heavy atom. The minimum atomic E-state index is -0.555. The van der Waals surface area contributed by atoms with E-state index in [1.807, 2.05) is 42.5 Å². The molecule has 2 aliphatic rings. The smallest absolute Gasteiger partial charge is 0.338 e. The van der Waals surface area contributed by atoms with Crippen molar-refractivity contribution in [3.8, 4) is 5.75 Å². The molecule has 0 radical (unpaired) electrons. The third kappa shape index (κ3) is 5.17. The fourth-order valence-electron chi connectivity index (χ4n) is 4.48. The van der Waals surface area contributed by atoms with Crippen molar-refractivity contribution in [3.63, 3.8) is 0 Å². The number of aryl methyl sites for hydroxylation is 1. The molecule has 2 aliphatic heterocycles. The van der Waals surface area contributed by atoms with Crippen molar-refractivity contribution in [3.05, 3.63) is 70.9 Å². The largest absolute Gasteiger partial charge is 0.497 e. The fraction of sp³-hybridized carbons (Fsp3) is 0.385. The van der Waals surface area contributed by atoms with Gasteiger partial charge in [-0.3, -0.25) is 4.90 Å². The predicted molar refractivity (Wildman–Crippen MR) is 131 cm³/mol. The van der Waals surface area contributed by atoms with E-state index in [4.69, 9.17) is 9.47 Å². The molecule has 4 rings (SSSR count). The van der Waals surface area contributed by atoms with Gasteiger partial charge < -0.3 is 25.0 Å². The molecular weight excluding hydrogens is 432 g/mol. The van der Waals surface area contributed by atoms with Gasteiger partial charge in [-0.15, -0.1) is 0 Å². The number of anilines is 1. The third-order valence-electron chi connectivity index (χ3n) is 6.45. The maximum atomic E-state index is 12.8. The van der Waals surface area contributed by atoms with Gasteiger partial charge in [-0.25, -0.2) is 9.59 Å². The Labute approximate surface area is 200 Å². The molecule has 0 spiro atoms. The number of ether oxygens (including phenoxy) is 2. The summed E-state index contributed by atoms with van der Waals surface area (Å²) in [5.74, 6) is 0.394. The number of nitrogens with zero attached hydrogens (tertiary/aromatic N) is 2. The van der Waals surface area contributed by atoms with Crippen molar-refractivity contribution in [2.75, 3.05) is 51.8 Å². The summed E-state index contributed by atoms with van der Waals surface area (Å²) in [5.41, 5.74) is 4.21. The van der Waals surface area contributed by atoms with E-state index in [2.05, 4.69) is 33.4 Å². The van der Waals surface area contributed by atoms with E-state index in [1.54, 1.807) is 7.11 Å². The zero-order valence-corrected chi connectivity index (χ0v) is 20.0. The molecule has 2 heterocycles. The van der Waals surface area contributed by atoms with Gasteiger partial charge in [0.15, 0.2) is 0 Å². The number of piperazine rings is 1. The first kappa shape index (κ1) is 23.6. The first-order valence-corrected chi connectivity index (χ1v) is 11.6. The van der Waals surface area contributed by atoms with Crippen LogP contribution < -0.4 is 20.3 Å². The van der Waals surface area contributed by atoms with Gasteiger partial charge in [0.05, 0.1) is 25.8 Å². The van der Waals surface area contributed by atoms with Gasteiger partial charge in [0.2, 0.25) is 0 Å². The van der Waals surface area contributed by atoms with Gasteiger partial charge in [0, 0.05) is 50.2 Å². The first-order valence-electron chi connectivity index (χ1n) is 11.6. The molecule has 1 fully saturated rings. The Morgan fingerprint density at radius 3 is 2.44 bits per heavy atom. The van der Waals surface area contributed by atoms with Crippen molar-refractivity contribution < 1.29 is 19.1 Å². The number of nitrogens with one attached hydrogen (secondary N) is 2. The van der Waals surface area contributed by atoms with Gasteiger partial charge in [0.1, 0.15) is 5.75 Å². The highest BCUT2D eigenvalue weighted by molar-refractivity contribution is 5.95. The Morgan fingerprint density at radius 2 is 1.79 bits per heavy atom. The molecule has 8 heteroatoms. The van der Waals surface area contributed by atoms with Crippen molar-refractivity contribution in [2.45, 2.75) is 19.4 Å². The molecular formula is C26H32N4O4. The minimum absolute atomic E-state index is 0.317. The van der Waals surface area contributed by atoms with Gasteiger partial charge in [-0.1, -0.05) is 37.3 Å². The topological polar surface area (TPSA) is 83.1 Å². The SMILES string of the molecule is CCc1ccc([C@H]2NC(=O)NC(CN3CCN(c4cccc(OC)c4)CC3)=C2C(=O)OC)cc1. The molecule has 1 atom stereocenters. The van der Waals surface area contributed by atoms with Crippen LogP contribution in [0.1, 0.15) is 24.1 Å². The van der Waals surface area contributed by atoms with Crippen molar-refractivity contribution in [1.82, 2.24) is 15.5 Å². The molecule has 0 unspecified atom stereocenters. The van der Waals surface area contributed by atoms with Crippen LogP contribution in [0.2, 0.25) is 0 Å². The molecule has 34 heavy (non-hydrogen) atoms. The highest BCUT2D eigenvalue weighted by atomic mass is 16.5. The second kappa shape index (κ2) is 10.6. The lowest BCUT2D eigenvalue weighted by Gasteiger charge is -2.38. The Balaban J connectivity index is 1.52. The molecule has 2 amide bonds. The quantitative estimate of drug-likeness (QED) is 0.614. The Bertz CT molecular complexity index is 1060.